The molecule has 0 atom stereocenters. The molecule has 6 heteroatoms. The van der Waals surface area contributed by atoms with E-state index in [1.807, 2.05) is 0 Å². The fourth-order valence-corrected chi connectivity index (χ4v) is 3.68. The SMILES string of the molecule is O=C(CCC1CCCC1)Nc1cccn(Cc2c(F)cccc2Cl)c1=O. The van der Waals surface area contributed by atoms with E-state index in [-0.39, 0.29) is 34.3 Å². The standard InChI is InChI=1S/C20H22ClFN2O2/c21-16-7-3-8-17(22)15(16)13-24-12-4-9-18(20(24)26)23-19(25)11-10-14-5-1-2-6-14/h3-4,7-9,12,14H,1-2,5-6,10-11,13H2,(H,23,25). The van der Waals surface area contributed by atoms with Crippen LogP contribution in [0.15, 0.2) is 41.3 Å². The van der Waals surface area contributed by atoms with Gasteiger partial charge in [-0.25, -0.2) is 4.39 Å². The summed E-state index contributed by atoms with van der Waals surface area (Å²) in [6.45, 7) is 0.0100. The molecule has 0 saturated heterocycles. The van der Waals surface area contributed by atoms with E-state index in [9.17, 15) is 14.0 Å². The minimum Gasteiger partial charge on any atom is -0.321 e. The van der Waals surface area contributed by atoms with Gasteiger partial charge in [0.15, 0.2) is 0 Å². The van der Waals surface area contributed by atoms with Crippen LogP contribution in [-0.2, 0) is 11.3 Å². The fourth-order valence-electron chi connectivity index (χ4n) is 3.46. The first-order chi connectivity index (χ1) is 12.5. The molecule has 4 nitrogen and oxygen atoms in total. The Kier molecular flexibility index (Phi) is 6.09. The number of benzene rings is 1. The maximum Gasteiger partial charge on any atom is 0.274 e. The summed E-state index contributed by atoms with van der Waals surface area (Å²) < 4.78 is 15.3. The first-order valence-electron chi connectivity index (χ1n) is 8.97. The van der Waals surface area contributed by atoms with Crippen LogP contribution in [0.25, 0.3) is 0 Å². The van der Waals surface area contributed by atoms with Crippen molar-refractivity contribution in [2.45, 2.75) is 45.1 Å². The largest absolute Gasteiger partial charge is 0.321 e. The lowest BCUT2D eigenvalue weighted by atomic mass is 10.0. The molecule has 1 aliphatic carbocycles. The minimum absolute atomic E-state index is 0.0100. The summed E-state index contributed by atoms with van der Waals surface area (Å²) in [4.78, 5) is 24.7. The molecule has 2 aromatic rings. The number of nitrogens with one attached hydrogen (secondary N) is 1. The maximum absolute atomic E-state index is 14.0. The van der Waals surface area contributed by atoms with E-state index in [1.54, 1.807) is 24.4 Å². The topological polar surface area (TPSA) is 51.1 Å². The zero-order chi connectivity index (χ0) is 18.5. The first kappa shape index (κ1) is 18.6. The van der Waals surface area contributed by atoms with Crippen molar-refractivity contribution in [3.8, 4) is 0 Å². The van der Waals surface area contributed by atoms with Gasteiger partial charge in [-0.3, -0.25) is 9.59 Å². The highest BCUT2D eigenvalue weighted by molar-refractivity contribution is 6.31. The van der Waals surface area contributed by atoms with Crippen LogP contribution in [0.4, 0.5) is 10.1 Å². The van der Waals surface area contributed by atoms with Crippen molar-refractivity contribution in [1.29, 1.82) is 0 Å². The zero-order valence-corrected chi connectivity index (χ0v) is 15.3. The second-order valence-corrected chi connectivity index (χ2v) is 7.20. The van der Waals surface area contributed by atoms with Gasteiger partial charge >= 0.3 is 0 Å². The molecule has 1 fully saturated rings. The highest BCUT2D eigenvalue weighted by atomic mass is 35.5. The third kappa shape index (κ3) is 4.52. The second-order valence-electron chi connectivity index (χ2n) is 6.79. The Hall–Kier alpha value is -2.14. The summed E-state index contributed by atoms with van der Waals surface area (Å²) in [5.74, 6) is 0.00227. The van der Waals surface area contributed by atoms with Gasteiger partial charge in [0.25, 0.3) is 5.56 Å². The van der Waals surface area contributed by atoms with Crippen molar-refractivity contribution in [2.75, 3.05) is 5.32 Å². The van der Waals surface area contributed by atoms with Crippen molar-refractivity contribution in [2.24, 2.45) is 5.92 Å². The Balaban J connectivity index is 1.68. The summed E-state index contributed by atoms with van der Waals surface area (Å²) in [6, 6.07) is 7.63. The van der Waals surface area contributed by atoms with Gasteiger partial charge in [-0.1, -0.05) is 43.4 Å². The number of pyridine rings is 1. The summed E-state index contributed by atoms with van der Waals surface area (Å²) in [5, 5.41) is 2.96. The number of carbonyl (C=O) groups excluding carboxylic acids is 1. The molecular weight excluding hydrogens is 355 g/mol. The van der Waals surface area contributed by atoms with Crippen molar-refractivity contribution in [3.63, 3.8) is 0 Å². The molecule has 1 heterocycles. The molecule has 138 valence electrons. The highest BCUT2D eigenvalue weighted by Crippen LogP contribution is 2.28. The van der Waals surface area contributed by atoms with Gasteiger partial charge in [0.1, 0.15) is 11.5 Å². The van der Waals surface area contributed by atoms with Crippen LogP contribution in [-0.4, -0.2) is 10.5 Å². The van der Waals surface area contributed by atoms with Gasteiger partial charge in [0, 0.05) is 23.2 Å². The van der Waals surface area contributed by atoms with Gasteiger partial charge in [0.05, 0.1) is 6.54 Å². The number of nitrogens with zero attached hydrogens (tertiary/aromatic N) is 1. The number of carbonyl (C=O) groups is 1. The molecule has 0 spiro atoms. The summed E-state index contributed by atoms with van der Waals surface area (Å²) in [7, 11) is 0. The number of hydrogen-bond donors (Lipinski definition) is 1. The van der Waals surface area contributed by atoms with Crippen molar-refractivity contribution in [1.82, 2.24) is 4.57 Å². The molecule has 1 N–H and O–H groups in total. The maximum atomic E-state index is 14.0. The van der Waals surface area contributed by atoms with Gasteiger partial charge in [-0.2, -0.15) is 0 Å². The van der Waals surface area contributed by atoms with E-state index in [2.05, 4.69) is 5.32 Å². The lowest BCUT2D eigenvalue weighted by molar-refractivity contribution is -0.116. The molecule has 1 amide bonds. The van der Waals surface area contributed by atoms with Crippen LogP contribution >= 0.6 is 11.6 Å². The van der Waals surface area contributed by atoms with E-state index < -0.39 is 5.82 Å². The average Bonchev–Trinajstić information content (AvgIpc) is 3.13. The normalized spacial score (nSPS) is 14.5. The summed E-state index contributed by atoms with van der Waals surface area (Å²) >= 11 is 6.03. The van der Waals surface area contributed by atoms with E-state index >= 15 is 0 Å². The van der Waals surface area contributed by atoms with E-state index in [1.165, 1.54) is 42.4 Å². The molecular formula is C20H22ClFN2O2. The number of hydrogen-bond acceptors (Lipinski definition) is 2. The van der Waals surface area contributed by atoms with Crippen molar-refractivity contribution < 1.29 is 9.18 Å². The Morgan fingerprint density at radius 1 is 1.23 bits per heavy atom. The molecule has 1 aromatic heterocycles. The highest BCUT2D eigenvalue weighted by Gasteiger charge is 2.17. The minimum atomic E-state index is -0.463. The lowest BCUT2D eigenvalue weighted by Crippen LogP contribution is -2.26. The van der Waals surface area contributed by atoms with Crippen LogP contribution in [0.3, 0.4) is 0 Å². The smallest absolute Gasteiger partial charge is 0.274 e. The first-order valence-corrected chi connectivity index (χ1v) is 9.34. The van der Waals surface area contributed by atoms with Gasteiger partial charge in [0.2, 0.25) is 5.91 Å². The molecule has 0 aliphatic heterocycles. The molecule has 0 bridgehead atoms. The number of aromatic nitrogens is 1. The number of amides is 1. The number of halogens is 2. The molecule has 26 heavy (non-hydrogen) atoms. The summed E-state index contributed by atoms with van der Waals surface area (Å²) in [5.41, 5.74) is 0.0818. The van der Waals surface area contributed by atoms with Crippen LogP contribution in [0.5, 0.6) is 0 Å². The molecule has 1 aliphatic rings. The Bertz CT molecular complexity index is 824. The van der Waals surface area contributed by atoms with Gasteiger partial charge in [-0.15, -0.1) is 0 Å². The molecule has 1 saturated carbocycles. The van der Waals surface area contributed by atoms with Crippen LogP contribution < -0.4 is 10.9 Å². The third-order valence-corrected chi connectivity index (χ3v) is 5.29. The third-order valence-electron chi connectivity index (χ3n) is 4.94. The summed E-state index contributed by atoms with van der Waals surface area (Å²) in [6.07, 6.45) is 7.70. The van der Waals surface area contributed by atoms with E-state index in [4.69, 9.17) is 11.6 Å². The second kappa shape index (κ2) is 8.49. The predicted octanol–water partition coefficient (Wildman–Crippen LogP) is 4.60. The average molecular weight is 377 g/mol. The lowest BCUT2D eigenvalue weighted by Gasteiger charge is -2.12. The predicted molar refractivity (Wildman–Crippen MR) is 101 cm³/mol. The number of rotatable bonds is 6. The number of anilines is 1. The van der Waals surface area contributed by atoms with Crippen molar-refractivity contribution >= 4 is 23.2 Å². The Labute approximate surface area is 157 Å². The quantitative estimate of drug-likeness (QED) is 0.801. The van der Waals surface area contributed by atoms with Gasteiger partial charge < -0.3 is 9.88 Å². The molecule has 1 aromatic carbocycles. The Morgan fingerprint density at radius 3 is 2.73 bits per heavy atom. The van der Waals surface area contributed by atoms with Crippen LogP contribution in [0.2, 0.25) is 5.02 Å². The van der Waals surface area contributed by atoms with Crippen LogP contribution in [0.1, 0.15) is 44.1 Å². The fraction of sp³-hybridized carbons (Fsp3) is 0.400. The molecule has 3 rings (SSSR count). The Morgan fingerprint density at radius 2 is 2.00 bits per heavy atom. The van der Waals surface area contributed by atoms with E-state index in [0.717, 1.165) is 6.42 Å². The zero-order valence-electron chi connectivity index (χ0n) is 14.5. The molecule has 0 unspecified atom stereocenters. The monoisotopic (exact) mass is 376 g/mol. The van der Waals surface area contributed by atoms with Gasteiger partial charge in [-0.05, 0) is 36.6 Å². The van der Waals surface area contributed by atoms with Crippen LogP contribution in [0, 0.1) is 11.7 Å². The van der Waals surface area contributed by atoms with E-state index in [0.29, 0.717) is 12.3 Å². The van der Waals surface area contributed by atoms with Crippen molar-refractivity contribution in [3.05, 3.63) is 63.3 Å². The molecule has 0 radical (unpaired) electrons.